The zero-order valence-corrected chi connectivity index (χ0v) is 13.2. The summed E-state index contributed by atoms with van der Waals surface area (Å²) in [7, 11) is -3.47. The van der Waals surface area contributed by atoms with Crippen molar-refractivity contribution in [2.45, 2.75) is 30.6 Å². The number of hydrogen-bond acceptors (Lipinski definition) is 2. The number of halogens is 2. The number of benzene rings is 1. The fraction of sp³-hybridized carbons (Fsp3) is 0.500. The number of rotatable bonds is 8. The van der Waals surface area contributed by atoms with Crippen molar-refractivity contribution in [3.63, 3.8) is 0 Å². The zero-order valence-electron chi connectivity index (χ0n) is 10.0. The molecule has 0 aliphatic heterocycles. The standard InChI is InChI=1S/C12H17BrClNO2S/c13-9-5-1-2-6-10-15-18(16,17)12-8-4-3-7-11(12)14/h3-4,7-8,15H,1-2,5-6,9-10H2. The smallest absolute Gasteiger partial charge is 0.211 e. The van der Waals surface area contributed by atoms with Crippen molar-refractivity contribution in [2.24, 2.45) is 0 Å². The highest BCUT2D eigenvalue weighted by molar-refractivity contribution is 9.09. The molecule has 0 saturated carbocycles. The summed E-state index contributed by atoms with van der Waals surface area (Å²) in [5.74, 6) is 0. The van der Waals surface area contributed by atoms with Crippen LogP contribution in [0.4, 0.5) is 0 Å². The Balaban J connectivity index is 2.44. The van der Waals surface area contributed by atoms with Gasteiger partial charge in [0.1, 0.15) is 4.90 Å². The Kier molecular flexibility index (Phi) is 7.22. The van der Waals surface area contributed by atoms with Crippen LogP contribution < -0.4 is 4.72 Å². The van der Waals surface area contributed by atoms with E-state index in [9.17, 15) is 8.42 Å². The second-order valence-electron chi connectivity index (χ2n) is 3.93. The molecule has 1 rings (SSSR count). The van der Waals surface area contributed by atoms with Crippen molar-refractivity contribution in [1.29, 1.82) is 0 Å². The summed E-state index contributed by atoms with van der Waals surface area (Å²) in [6.07, 6.45) is 4.10. The third-order valence-electron chi connectivity index (χ3n) is 2.48. The summed E-state index contributed by atoms with van der Waals surface area (Å²) >= 11 is 9.23. The van der Waals surface area contributed by atoms with E-state index in [2.05, 4.69) is 20.7 Å². The molecule has 1 aromatic rings. The van der Waals surface area contributed by atoms with Gasteiger partial charge in [0, 0.05) is 11.9 Å². The largest absolute Gasteiger partial charge is 0.242 e. The van der Waals surface area contributed by atoms with Crippen LogP contribution in [0.2, 0.25) is 5.02 Å². The Morgan fingerprint density at radius 1 is 1.11 bits per heavy atom. The minimum absolute atomic E-state index is 0.145. The highest BCUT2D eigenvalue weighted by Crippen LogP contribution is 2.20. The van der Waals surface area contributed by atoms with Crippen molar-refractivity contribution in [1.82, 2.24) is 4.72 Å². The first-order valence-electron chi connectivity index (χ1n) is 5.88. The van der Waals surface area contributed by atoms with Crippen molar-refractivity contribution in [2.75, 3.05) is 11.9 Å². The van der Waals surface area contributed by atoms with E-state index in [0.29, 0.717) is 6.54 Å². The number of nitrogens with one attached hydrogen (secondary N) is 1. The number of sulfonamides is 1. The first kappa shape index (κ1) is 16.0. The van der Waals surface area contributed by atoms with Gasteiger partial charge >= 0.3 is 0 Å². The Morgan fingerprint density at radius 3 is 2.44 bits per heavy atom. The fourth-order valence-electron chi connectivity index (χ4n) is 1.52. The van der Waals surface area contributed by atoms with Crippen LogP contribution in [0.1, 0.15) is 25.7 Å². The van der Waals surface area contributed by atoms with Gasteiger partial charge in [-0.3, -0.25) is 0 Å². The summed E-state index contributed by atoms with van der Waals surface area (Å²) in [6, 6.07) is 6.46. The predicted octanol–water partition coefficient (Wildman–Crippen LogP) is 3.57. The second-order valence-corrected chi connectivity index (χ2v) is 6.87. The van der Waals surface area contributed by atoms with Crippen molar-refractivity contribution in [3.05, 3.63) is 29.3 Å². The molecule has 0 atom stereocenters. The van der Waals surface area contributed by atoms with Gasteiger partial charge in [-0.2, -0.15) is 0 Å². The van der Waals surface area contributed by atoms with Gasteiger partial charge in [-0.1, -0.05) is 52.5 Å². The molecule has 0 aliphatic rings. The molecule has 6 heteroatoms. The molecule has 102 valence electrons. The lowest BCUT2D eigenvalue weighted by atomic mass is 10.2. The molecule has 0 saturated heterocycles. The molecule has 0 spiro atoms. The summed E-state index contributed by atoms with van der Waals surface area (Å²) in [6.45, 7) is 0.454. The van der Waals surface area contributed by atoms with E-state index in [0.717, 1.165) is 31.0 Å². The molecule has 18 heavy (non-hydrogen) atoms. The van der Waals surface area contributed by atoms with Gasteiger partial charge in [-0.15, -0.1) is 0 Å². The van der Waals surface area contributed by atoms with E-state index >= 15 is 0 Å². The second kappa shape index (κ2) is 8.15. The van der Waals surface area contributed by atoms with Crippen LogP contribution in [0.3, 0.4) is 0 Å². The zero-order chi connectivity index (χ0) is 13.4. The molecule has 0 unspecified atom stereocenters. The SMILES string of the molecule is O=S(=O)(NCCCCCCBr)c1ccccc1Cl. The van der Waals surface area contributed by atoms with Crippen LogP contribution in [0.15, 0.2) is 29.2 Å². The molecule has 1 aromatic carbocycles. The molecule has 1 N–H and O–H groups in total. The van der Waals surface area contributed by atoms with E-state index in [-0.39, 0.29) is 9.92 Å². The number of hydrogen-bond donors (Lipinski definition) is 1. The highest BCUT2D eigenvalue weighted by Gasteiger charge is 2.16. The minimum atomic E-state index is -3.47. The quantitative estimate of drug-likeness (QED) is 0.573. The maximum atomic E-state index is 11.9. The number of alkyl halides is 1. The topological polar surface area (TPSA) is 46.2 Å². The lowest BCUT2D eigenvalue weighted by Gasteiger charge is -2.07. The van der Waals surface area contributed by atoms with Crippen LogP contribution in [0.25, 0.3) is 0 Å². The maximum Gasteiger partial charge on any atom is 0.242 e. The molecule has 0 bridgehead atoms. The van der Waals surface area contributed by atoms with Crippen LogP contribution >= 0.6 is 27.5 Å². The third-order valence-corrected chi connectivity index (χ3v) is 5.00. The molecule has 0 aliphatic carbocycles. The van der Waals surface area contributed by atoms with Crippen LogP contribution in [0, 0.1) is 0 Å². The molecule has 0 heterocycles. The molecule has 0 fully saturated rings. The molecule has 0 amide bonds. The first-order chi connectivity index (χ1) is 8.58. The van der Waals surface area contributed by atoms with Gasteiger partial charge < -0.3 is 0 Å². The molecule has 0 radical (unpaired) electrons. The van der Waals surface area contributed by atoms with Gasteiger partial charge in [0.05, 0.1) is 5.02 Å². The molecule has 0 aromatic heterocycles. The average molecular weight is 355 g/mol. The van der Waals surface area contributed by atoms with Crippen molar-refractivity contribution >= 4 is 37.6 Å². The lowest BCUT2D eigenvalue weighted by molar-refractivity contribution is 0.574. The highest BCUT2D eigenvalue weighted by atomic mass is 79.9. The van der Waals surface area contributed by atoms with Gasteiger partial charge in [-0.05, 0) is 25.0 Å². The molecule has 3 nitrogen and oxygen atoms in total. The Labute approximate surface area is 122 Å². The normalized spacial score (nSPS) is 11.7. The summed E-state index contributed by atoms with van der Waals surface area (Å²) in [5.41, 5.74) is 0. The van der Waals surface area contributed by atoms with E-state index in [4.69, 9.17) is 11.6 Å². The van der Waals surface area contributed by atoms with E-state index in [1.807, 2.05) is 0 Å². The van der Waals surface area contributed by atoms with Gasteiger partial charge in [0.15, 0.2) is 0 Å². The van der Waals surface area contributed by atoms with Crippen molar-refractivity contribution < 1.29 is 8.42 Å². The van der Waals surface area contributed by atoms with Gasteiger partial charge in [-0.25, -0.2) is 13.1 Å². The van der Waals surface area contributed by atoms with Crippen LogP contribution in [0.5, 0.6) is 0 Å². The van der Waals surface area contributed by atoms with Crippen LogP contribution in [-0.4, -0.2) is 20.3 Å². The Bertz CT molecular complexity index is 465. The van der Waals surface area contributed by atoms with Crippen LogP contribution in [-0.2, 0) is 10.0 Å². The minimum Gasteiger partial charge on any atom is -0.211 e. The van der Waals surface area contributed by atoms with Crippen molar-refractivity contribution in [3.8, 4) is 0 Å². The predicted molar refractivity (Wildman–Crippen MR) is 78.9 cm³/mol. The summed E-state index contributed by atoms with van der Waals surface area (Å²) in [4.78, 5) is 0.145. The Morgan fingerprint density at radius 2 is 1.78 bits per heavy atom. The fourth-order valence-corrected chi connectivity index (χ4v) is 3.51. The Hall–Kier alpha value is -0.100. The molecular formula is C12H17BrClNO2S. The summed E-state index contributed by atoms with van der Waals surface area (Å²) in [5, 5.41) is 1.25. The lowest BCUT2D eigenvalue weighted by Crippen LogP contribution is -2.25. The first-order valence-corrected chi connectivity index (χ1v) is 8.86. The van der Waals surface area contributed by atoms with E-state index in [1.54, 1.807) is 18.2 Å². The van der Waals surface area contributed by atoms with E-state index in [1.165, 1.54) is 6.07 Å². The molecular weight excluding hydrogens is 338 g/mol. The number of unbranched alkanes of at least 4 members (excludes halogenated alkanes) is 3. The van der Waals surface area contributed by atoms with E-state index < -0.39 is 10.0 Å². The monoisotopic (exact) mass is 353 g/mol. The average Bonchev–Trinajstić information content (AvgIpc) is 2.34. The van der Waals surface area contributed by atoms with Gasteiger partial charge in [0.2, 0.25) is 10.0 Å². The third kappa shape index (κ3) is 5.26. The summed E-state index contributed by atoms with van der Waals surface area (Å²) < 4.78 is 26.4. The van der Waals surface area contributed by atoms with Gasteiger partial charge in [0.25, 0.3) is 0 Å². The maximum absolute atomic E-state index is 11.9.